The summed E-state index contributed by atoms with van der Waals surface area (Å²) in [5.74, 6) is 0.615. The third-order valence-electron chi connectivity index (χ3n) is 4.79. The number of carbonyl (C=O) groups is 1. The van der Waals surface area contributed by atoms with Crippen LogP contribution in [0.2, 0.25) is 0 Å². The zero-order valence-electron chi connectivity index (χ0n) is 16.1. The molecule has 0 saturated carbocycles. The Balaban J connectivity index is 1.55. The van der Waals surface area contributed by atoms with Gasteiger partial charge in [0.1, 0.15) is 5.75 Å². The van der Waals surface area contributed by atoms with Gasteiger partial charge >= 0.3 is 6.03 Å². The van der Waals surface area contributed by atoms with E-state index in [2.05, 4.69) is 33.8 Å². The Hall–Kier alpha value is -3.86. The second kappa shape index (κ2) is 8.44. The lowest BCUT2D eigenvalue weighted by molar-refractivity contribution is 0.251. The van der Waals surface area contributed by atoms with Gasteiger partial charge in [0.05, 0.1) is 12.8 Å². The Morgan fingerprint density at radius 2 is 1.72 bits per heavy atom. The van der Waals surface area contributed by atoms with E-state index in [0.717, 1.165) is 27.5 Å². The highest BCUT2D eigenvalue weighted by molar-refractivity contribution is 5.98. The van der Waals surface area contributed by atoms with Crippen LogP contribution in [-0.2, 0) is 6.54 Å². The van der Waals surface area contributed by atoms with Gasteiger partial charge in [0.2, 0.25) is 0 Å². The van der Waals surface area contributed by atoms with Gasteiger partial charge in [0, 0.05) is 24.3 Å². The van der Waals surface area contributed by atoms with Gasteiger partial charge in [-0.15, -0.1) is 0 Å². The first-order chi connectivity index (χ1) is 14.3. The Morgan fingerprint density at radius 1 is 0.931 bits per heavy atom. The van der Waals surface area contributed by atoms with Crippen molar-refractivity contribution in [3.8, 4) is 16.9 Å². The molecule has 5 heteroatoms. The van der Waals surface area contributed by atoms with Crippen molar-refractivity contribution in [2.75, 3.05) is 12.4 Å². The molecule has 0 saturated heterocycles. The van der Waals surface area contributed by atoms with Crippen LogP contribution in [0.1, 0.15) is 5.56 Å². The number of nitrogens with zero attached hydrogens (tertiary/aromatic N) is 1. The largest absolute Gasteiger partial charge is 0.495 e. The van der Waals surface area contributed by atoms with Crippen molar-refractivity contribution in [2.45, 2.75) is 6.54 Å². The minimum atomic E-state index is -0.293. The van der Waals surface area contributed by atoms with Crippen LogP contribution in [0.5, 0.6) is 5.75 Å². The number of benzene rings is 3. The SMILES string of the molecule is COc1ccccc1NC(=O)NCc1ccc(-c2ccccc2)c2ccncc12. The number of hydrogen-bond donors (Lipinski definition) is 2. The van der Waals surface area contributed by atoms with Crippen LogP contribution in [0.4, 0.5) is 10.5 Å². The third-order valence-corrected chi connectivity index (χ3v) is 4.79. The third kappa shape index (κ3) is 4.04. The number of anilines is 1. The first-order valence-corrected chi connectivity index (χ1v) is 9.35. The summed E-state index contributed by atoms with van der Waals surface area (Å²) in [5, 5.41) is 7.87. The highest BCUT2D eigenvalue weighted by atomic mass is 16.5. The molecule has 144 valence electrons. The molecule has 0 aliphatic heterocycles. The summed E-state index contributed by atoms with van der Waals surface area (Å²) in [6.07, 6.45) is 3.64. The lowest BCUT2D eigenvalue weighted by atomic mass is 9.96. The number of carbonyl (C=O) groups excluding carboxylic acids is 1. The molecule has 2 N–H and O–H groups in total. The van der Waals surface area contributed by atoms with Gasteiger partial charge in [-0.05, 0) is 40.3 Å². The number of fused-ring (bicyclic) bond motifs is 1. The molecule has 4 aromatic rings. The summed E-state index contributed by atoms with van der Waals surface area (Å²) in [6, 6.07) is 23.4. The molecule has 0 aliphatic rings. The molecule has 1 heterocycles. The fraction of sp³-hybridized carbons (Fsp3) is 0.0833. The predicted octanol–water partition coefficient (Wildman–Crippen LogP) is 5.23. The van der Waals surface area contributed by atoms with E-state index >= 15 is 0 Å². The van der Waals surface area contributed by atoms with E-state index in [1.165, 1.54) is 0 Å². The molecule has 0 aliphatic carbocycles. The number of urea groups is 1. The number of rotatable bonds is 5. The lowest BCUT2D eigenvalue weighted by Crippen LogP contribution is -2.28. The Kier molecular flexibility index (Phi) is 5.38. The summed E-state index contributed by atoms with van der Waals surface area (Å²) in [6.45, 7) is 0.387. The van der Waals surface area contributed by atoms with E-state index in [9.17, 15) is 4.79 Å². The van der Waals surface area contributed by atoms with E-state index in [0.29, 0.717) is 18.0 Å². The molecule has 29 heavy (non-hydrogen) atoms. The number of para-hydroxylation sites is 2. The maximum absolute atomic E-state index is 12.4. The van der Waals surface area contributed by atoms with Gasteiger partial charge in [-0.25, -0.2) is 4.79 Å². The van der Waals surface area contributed by atoms with Crippen LogP contribution in [-0.4, -0.2) is 18.1 Å². The van der Waals surface area contributed by atoms with Gasteiger partial charge in [0.25, 0.3) is 0 Å². The minimum Gasteiger partial charge on any atom is -0.495 e. The van der Waals surface area contributed by atoms with Crippen molar-refractivity contribution >= 4 is 22.5 Å². The van der Waals surface area contributed by atoms with E-state index < -0.39 is 0 Å². The zero-order chi connectivity index (χ0) is 20.1. The quantitative estimate of drug-likeness (QED) is 0.496. The molecule has 0 unspecified atom stereocenters. The smallest absolute Gasteiger partial charge is 0.319 e. The molecule has 0 spiro atoms. The first kappa shape index (κ1) is 18.5. The average molecular weight is 383 g/mol. The molecule has 0 fully saturated rings. The van der Waals surface area contributed by atoms with E-state index in [4.69, 9.17) is 4.74 Å². The van der Waals surface area contributed by atoms with E-state index in [1.807, 2.05) is 48.7 Å². The van der Waals surface area contributed by atoms with Crippen LogP contribution >= 0.6 is 0 Å². The monoisotopic (exact) mass is 383 g/mol. The van der Waals surface area contributed by atoms with Crippen molar-refractivity contribution in [2.24, 2.45) is 0 Å². The first-order valence-electron chi connectivity index (χ1n) is 9.35. The van der Waals surface area contributed by atoms with Gasteiger partial charge < -0.3 is 15.4 Å². The predicted molar refractivity (Wildman–Crippen MR) is 116 cm³/mol. The Morgan fingerprint density at radius 3 is 2.55 bits per heavy atom. The number of ether oxygens (including phenoxy) is 1. The molecular formula is C24H21N3O2. The van der Waals surface area contributed by atoms with Gasteiger partial charge in [-0.2, -0.15) is 0 Å². The highest BCUT2D eigenvalue weighted by Gasteiger charge is 2.10. The van der Waals surface area contributed by atoms with Crippen molar-refractivity contribution in [1.82, 2.24) is 10.3 Å². The number of nitrogens with one attached hydrogen (secondary N) is 2. The summed E-state index contributed by atoms with van der Waals surface area (Å²) < 4.78 is 5.27. The topological polar surface area (TPSA) is 63.2 Å². The van der Waals surface area contributed by atoms with Crippen LogP contribution in [0, 0.1) is 0 Å². The number of pyridine rings is 1. The molecule has 0 bridgehead atoms. The maximum Gasteiger partial charge on any atom is 0.319 e. The fourth-order valence-corrected chi connectivity index (χ4v) is 3.36. The second-order valence-corrected chi connectivity index (χ2v) is 6.57. The molecule has 5 nitrogen and oxygen atoms in total. The second-order valence-electron chi connectivity index (χ2n) is 6.57. The molecule has 1 aromatic heterocycles. The molecule has 3 aromatic carbocycles. The van der Waals surface area contributed by atoms with Gasteiger partial charge in [-0.1, -0.05) is 54.6 Å². The number of amides is 2. The number of hydrogen-bond acceptors (Lipinski definition) is 3. The summed E-state index contributed by atoms with van der Waals surface area (Å²) >= 11 is 0. The van der Waals surface area contributed by atoms with Crippen LogP contribution < -0.4 is 15.4 Å². The van der Waals surface area contributed by atoms with Crippen LogP contribution in [0.3, 0.4) is 0 Å². The van der Waals surface area contributed by atoms with Crippen LogP contribution in [0.25, 0.3) is 21.9 Å². The zero-order valence-corrected chi connectivity index (χ0v) is 16.1. The van der Waals surface area contributed by atoms with E-state index in [-0.39, 0.29) is 6.03 Å². The van der Waals surface area contributed by atoms with Crippen molar-refractivity contribution < 1.29 is 9.53 Å². The average Bonchev–Trinajstić information content (AvgIpc) is 2.78. The molecular weight excluding hydrogens is 362 g/mol. The van der Waals surface area contributed by atoms with Crippen molar-refractivity contribution in [3.63, 3.8) is 0 Å². The summed E-state index contributed by atoms with van der Waals surface area (Å²) in [5.41, 5.74) is 3.92. The van der Waals surface area contributed by atoms with Crippen LogP contribution in [0.15, 0.2) is 85.2 Å². The lowest BCUT2D eigenvalue weighted by Gasteiger charge is -2.13. The molecule has 0 atom stereocenters. The fourth-order valence-electron chi connectivity index (χ4n) is 3.36. The molecule has 0 radical (unpaired) electrons. The highest BCUT2D eigenvalue weighted by Crippen LogP contribution is 2.30. The molecule has 2 amide bonds. The normalized spacial score (nSPS) is 10.5. The van der Waals surface area contributed by atoms with Crippen molar-refractivity contribution in [1.29, 1.82) is 0 Å². The van der Waals surface area contributed by atoms with Gasteiger partial charge in [-0.3, -0.25) is 4.98 Å². The van der Waals surface area contributed by atoms with Crippen molar-refractivity contribution in [3.05, 3.63) is 90.8 Å². The number of aromatic nitrogens is 1. The molecule has 4 rings (SSSR count). The summed E-state index contributed by atoms with van der Waals surface area (Å²) in [4.78, 5) is 16.7. The Labute approximate surface area is 169 Å². The minimum absolute atomic E-state index is 0.293. The number of methoxy groups -OCH3 is 1. The van der Waals surface area contributed by atoms with E-state index in [1.54, 1.807) is 25.4 Å². The maximum atomic E-state index is 12.4. The Bertz CT molecular complexity index is 1140. The summed E-state index contributed by atoms with van der Waals surface area (Å²) in [7, 11) is 1.58. The van der Waals surface area contributed by atoms with Gasteiger partial charge in [0.15, 0.2) is 0 Å². The standard InChI is InChI=1S/C24H21N3O2/c1-29-23-10-6-5-9-22(23)27-24(28)26-15-18-11-12-19(17-7-3-2-4-8-17)20-13-14-25-16-21(18)20/h2-14,16H,15H2,1H3,(H2,26,27,28).